The minimum atomic E-state index is -0.216. The van der Waals surface area contributed by atoms with Crippen molar-refractivity contribution in [3.63, 3.8) is 0 Å². The van der Waals surface area contributed by atoms with Crippen LogP contribution in [0.4, 0.5) is 0 Å². The van der Waals surface area contributed by atoms with Crippen LogP contribution in [0, 0.1) is 0 Å². The molecule has 0 aliphatic carbocycles. The molecule has 0 rings (SSSR count). The second-order valence-electron chi connectivity index (χ2n) is 5.44. The van der Waals surface area contributed by atoms with Gasteiger partial charge >= 0.3 is 5.97 Å². The van der Waals surface area contributed by atoms with Crippen LogP contribution in [0.5, 0.6) is 0 Å². The van der Waals surface area contributed by atoms with Gasteiger partial charge in [-0.2, -0.15) is 5.10 Å². The van der Waals surface area contributed by atoms with Gasteiger partial charge < -0.3 is 4.74 Å². The summed E-state index contributed by atoms with van der Waals surface area (Å²) in [7, 11) is 0. The van der Waals surface area contributed by atoms with E-state index in [1.54, 1.807) is 0 Å². The van der Waals surface area contributed by atoms with E-state index in [0.29, 0.717) is 0 Å². The molecule has 0 unspecified atom stereocenters. The summed E-state index contributed by atoms with van der Waals surface area (Å²) < 4.78 is 5.08. The molecule has 17 heavy (non-hydrogen) atoms. The molecule has 0 saturated carbocycles. The molecule has 0 heterocycles. The number of carbonyl (C=O) groups excluding carboxylic acids is 1. The minimum Gasteiger partial charge on any atom is -0.463 e. The number of nitrogens with zero attached hydrogens (tertiary/aromatic N) is 2. The number of ether oxygens (including phenoxy) is 1. The first-order valence-corrected chi connectivity index (χ1v) is 6.18. The molecule has 0 fully saturated rings. The zero-order valence-electron chi connectivity index (χ0n) is 12.2. The Bertz CT molecular complexity index is 278. The molecule has 100 valence electrons. The first kappa shape index (κ1) is 15.9. The predicted molar refractivity (Wildman–Crippen MR) is 71.1 cm³/mol. The number of hydrogen-bond acceptors (Lipinski definition) is 4. The molecular weight excluding hydrogens is 216 g/mol. The van der Waals surface area contributed by atoms with E-state index in [0.717, 1.165) is 12.3 Å². The summed E-state index contributed by atoms with van der Waals surface area (Å²) in [6.07, 6.45) is 0.185. The molecule has 0 N–H and O–H groups in total. The normalized spacial score (nSPS) is 12.8. The Morgan fingerprint density at radius 2 is 1.88 bits per heavy atom. The third-order valence-corrected chi connectivity index (χ3v) is 2.13. The van der Waals surface area contributed by atoms with Gasteiger partial charge in [-0.05, 0) is 48.5 Å². The molecule has 0 spiro atoms. The molecule has 0 amide bonds. The van der Waals surface area contributed by atoms with E-state index in [1.165, 1.54) is 0 Å². The lowest BCUT2D eigenvalue weighted by molar-refractivity contribution is -0.145. The molecule has 0 saturated heterocycles. The topological polar surface area (TPSA) is 41.9 Å². The lowest BCUT2D eigenvalue weighted by Gasteiger charge is -2.32. The average molecular weight is 242 g/mol. The number of hydrogen-bond donors (Lipinski definition) is 0. The van der Waals surface area contributed by atoms with Crippen molar-refractivity contribution in [1.29, 1.82) is 0 Å². The first-order chi connectivity index (χ1) is 7.66. The Kier molecular flexibility index (Phi) is 6.21. The quantitative estimate of drug-likeness (QED) is 0.423. The number of rotatable bonds is 5. The Morgan fingerprint density at radius 1 is 1.35 bits per heavy atom. The fourth-order valence-electron chi connectivity index (χ4n) is 1.45. The average Bonchev–Trinajstić information content (AvgIpc) is 2.10. The smallest absolute Gasteiger partial charge is 0.311 e. The van der Waals surface area contributed by atoms with Crippen LogP contribution in [0.3, 0.4) is 0 Å². The van der Waals surface area contributed by atoms with Crippen molar-refractivity contribution < 1.29 is 9.53 Å². The maximum atomic E-state index is 11.5. The second-order valence-corrected chi connectivity index (χ2v) is 5.44. The first-order valence-electron chi connectivity index (χ1n) is 6.18. The fraction of sp³-hybridized carbons (Fsp3) is 0.846. The van der Waals surface area contributed by atoms with Crippen molar-refractivity contribution >= 4 is 11.7 Å². The van der Waals surface area contributed by atoms with E-state index in [9.17, 15) is 4.79 Å². The van der Waals surface area contributed by atoms with Gasteiger partial charge in [0.25, 0.3) is 0 Å². The van der Waals surface area contributed by atoms with E-state index >= 15 is 0 Å². The van der Waals surface area contributed by atoms with E-state index in [1.807, 2.05) is 25.8 Å². The van der Waals surface area contributed by atoms with E-state index in [4.69, 9.17) is 4.74 Å². The number of carbonyl (C=O) groups is 1. The van der Waals surface area contributed by atoms with Crippen LogP contribution in [0.1, 0.15) is 54.9 Å². The SMILES string of the molecule is CCN(/N=C(\C)CC(=O)OC(C)C)C(C)(C)C. The molecule has 4 nitrogen and oxygen atoms in total. The molecule has 0 aliphatic heterocycles. The summed E-state index contributed by atoms with van der Waals surface area (Å²) in [5, 5.41) is 6.44. The second kappa shape index (κ2) is 6.62. The third-order valence-electron chi connectivity index (χ3n) is 2.13. The van der Waals surface area contributed by atoms with Gasteiger partial charge in [-0.25, -0.2) is 0 Å². The van der Waals surface area contributed by atoms with Crippen LogP contribution in [-0.4, -0.2) is 34.9 Å². The van der Waals surface area contributed by atoms with Crippen LogP contribution in [0.25, 0.3) is 0 Å². The van der Waals surface area contributed by atoms with Crippen molar-refractivity contribution in [3.05, 3.63) is 0 Å². The highest BCUT2D eigenvalue weighted by Gasteiger charge is 2.18. The molecule has 0 radical (unpaired) electrons. The highest BCUT2D eigenvalue weighted by atomic mass is 16.5. The molecule has 0 atom stereocenters. The maximum Gasteiger partial charge on any atom is 0.311 e. The molecule has 0 aromatic heterocycles. The molecule has 4 heteroatoms. The number of hydrazone groups is 1. The fourth-order valence-corrected chi connectivity index (χ4v) is 1.45. The Balaban J connectivity index is 4.48. The van der Waals surface area contributed by atoms with E-state index in [2.05, 4.69) is 32.8 Å². The Labute approximate surface area is 105 Å². The van der Waals surface area contributed by atoms with Crippen molar-refractivity contribution in [1.82, 2.24) is 5.01 Å². The lowest BCUT2D eigenvalue weighted by Crippen LogP contribution is -2.37. The Morgan fingerprint density at radius 3 is 2.24 bits per heavy atom. The van der Waals surface area contributed by atoms with Gasteiger partial charge in [0.2, 0.25) is 0 Å². The maximum absolute atomic E-state index is 11.5. The third kappa shape index (κ3) is 6.97. The summed E-state index contributed by atoms with van der Waals surface area (Å²) in [4.78, 5) is 11.5. The van der Waals surface area contributed by atoms with Crippen molar-refractivity contribution in [3.8, 4) is 0 Å². The molecular formula is C13H26N2O2. The van der Waals surface area contributed by atoms with Gasteiger partial charge in [-0.1, -0.05) is 0 Å². The van der Waals surface area contributed by atoms with Crippen LogP contribution in [0.15, 0.2) is 5.10 Å². The van der Waals surface area contributed by atoms with Gasteiger partial charge in [0.1, 0.15) is 0 Å². The summed E-state index contributed by atoms with van der Waals surface area (Å²) >= 11 is 0. The minimum absolute atomic E-state index is 0.0298. The molecule has 0 bridgehead atoms. The summed E-state index contributed by atoms with van der Waals surface area (Å²) in [6, 6.07) is 0. The van der Waals surface area contributed by atoms with Crippen LogP contribution < -0.4 is 0 Å². The molecule has 0 aromatic carbocycles. The molecule has 0 aliphatic rings. The van der Waals surface area contributed by atoms with Gasteiger partial charge in [-0.3, -0.25) is 9.80 Å². The van der Waals surface area contributed by atoms with E-state index < -0.39 is 0 Å². The van der Waals surface area contributed by atoms with Crippen LogP contribution >= 0.6 is 0 Å². The van der Waals surface area contributed by atoms with Gasteiger partial charge in [0, 0.05) is 17.8 Å². The highest BCUT2D eigenvalue weighted by Crippen LogP contribution is 2.13. The summed E-state index contributed by atoms with van der Waals surface area (Å²) in [5.74, 6) is -0.216. The zero-order valence-corrected chi connectivity index (χ0v) is 12.2. The number of esters is 1. The summed E-state index contributed by atoms with van der Waals surface area (Å²) in [6.45, 7) is 14.7. The van der Waals surface area contributed by atoms with Crippen LogP contribution in [-0.2, 0) is 9.53 Å². The largest absolute Gasteiger partial charge is 0.463 e. The summed E-state index contributed by atoms with van der Waals surface area (Å²) in [5.41, 5.74) is 0.755. The standard InChI is InChI=1S/C13H26N2O2/c1-8-15(13(5,6)7)14-11(4)9-12(16)17-10(2)3/h10H,8-9H2,1-7H3/b14-11+. The highest BCUT2D eigenvalue weighted by molar-refractivity contribution is 5.97. The zero-order chi connectivity index (χ0) is 13.6. The van der Waals surface area contributed by atoms with Gasteiger partial charge in [0.05, 0.1) is 12.5 Å². The monoisotopic (exact) mass is 242 g/mol. The predicted octanol–water partition coefficient (Wildman–Crippen LogP) is 2.82. The van der Waals surface area contributed by atoms with Crippen molar-refractivity contribution in [2.24, 2.45) is 5.10 Å². The van der Waals surface area contributed by atoms with Gasteiger partial charge in [-0.15, -0.1) is 0 Å². The van der Waals surface area contributed by atoms with Crippen molar-refractivity contribution in [2.45, 2.75) is 66.5 Å². The van der Waals surface area contributed by atoms with Gasteiger partial charge in [0.15, 0.2) is 0 Å². The lowest BCUT2D eigenvalue weighted by atomic mass is 10.1. The van der Waals surface area contributed by atoms with E-state index in [-0.39, 0.29) is 24.0 Å². The van der Waals surface area contributed by atoms with Crippen LogP contribution in [0.2, 0.25) is 0 Å². The Hall–Kier alpha value is -1.06. The van der Waals surface area contributed by atoms with Crippen molar-refractivity contribution in [2.75, 3.05) is 6.54 Å². The molecule has 0 aromatic rings.